The Bertz CT molecular complexity index is 642. The second kappa shape index (κ2) is 6.62. The Morgan fingerprint density at radius 3 is 1.55 bits per heavy atom. The quantitative estimate of drug-likeness (QED) is 0.391. The van der Waals surface area contributed by atoms with E-state index in [1.54, 1.807) is 0 Å². The number of aliphatic hydroxyl groups excluding tert-OH is 4. The number of nitrogens with zero attached hydrogens (tertiary/aromatic N) is 3. The lowest BCUT2D eigenvalue weighted by molar-refractivity contribution is 0.251. The predicted octanol–water partition coefficient (Wildman–Crippen LogP) is -1.33. The van der Waals surface area contributed by atoms with Crippen LogP contribution in [0, 0.1) is 0 Å². The molecule has 2 aromatic rings. The van der Waals surface area contributed by atoms with Crippen LogP contribution in [0.4, 0.5) is 11.9 Å². The molecule has 0 radical (unpaired) electrons. The first-order valence-electron chi connectivity index (χ1n) is 6.43. The van der Waals surface area contributed by atoms with Crippen molar-refractivity contribution < 1.29 is 20.4 Å². The molecule has 0 saturated heterocycles. The highest BCUT2D eigenvalue weighted by Gasteiger charge is 2.20. The second-order valence-corrected chi connectivity index (χ2v) is 4.53. The van der Waals surface area contributed by atoms with Crippen LogP contribution in [0.2, 0.25) is 0 Å². The van der Waals surface area contributed by atoms with Gasteiger partial charge in [-0.25, -0.2) is 0 Å². The minimum absolute atomic E-state index is 0.0584. The Kier molecular flexibility index (Phi) is 4.83. The SMILES string of the molecule is Nc1nc(N)nc(-c2c(CO)c(CO)cc(CO)c2CO)n1. The van der Waals surface area contributed by atoms with Crippen molar-refractivity contribution in [2.75, 3.05) is 11.5 Å². The first-order chi connectivity index (χ1) is 10.5. The van der Waals surface area contributed by atoms with Gasteiger partial charge in [0.05, 0.1) is 26.4 Å². The standard InChI is InChI=1S/C13H17N5O4/c14-12-16-11(17-13(15)18-12)10-8(4-21)6(2-19)1-7(3-20)9(10)5-22/h1,19-22H,2-5H2,(H4,14,15,16,17,18). The number of rotatable bonds is 5. The van der Waals surface area contributed by atoms with Gasteiger partial charge in [0.15, 0.2) is 5.82 Å². The second-order valence-electron chi connectivity index (χ2n) is 4.53. The molecule has 0 atom stereocenters. The molecule has 118 valence electrons. The molecular weight excluding hydrogens is 290 g/mol. The molecule has 0 aliphatic rings. The molecule has 0 aliphatic carbocycles. The van der Waals surface area contributed by atoms with E-state index in [1.807, 2.05) is 0 Å². The third-order valence-corrected chi connectivity index (χ3v) is 3.28. The highest BCUT2D eigenvalue weighted by molar-refractivity contribution is 5.70. The summed E-state index contributed by atoms with van der Waals surface area (Å²) in [7, 11) is 0. The van der Waals surface area contributed by atoms with E-state index in [4.69, 9.17) is 11.5 Å². The summed E-state index contributed by atoms with van der Waals surface area (Å²) in [6.45, 7) is -1.57. The molecule has 0 saturated carbocycles. The molecule has 2 rings (SSSR count). The van der Waals surface area contributed by atoms with Gasteiger partial charge < -0.3 is 31.9 Å². The van der Waals surface area contributed by atoms with Crippen LogP contribution in [0.5, 0.6) is 0 Å². The number of aliphatic hydroxyl groups is 4. The van der Waals surface area contributed by atoms with Crippen molar-refractivity contribution in [1.82, 2.24) is 15.0 Å². The van der Waals surface area contributed by atoms with Gasteiger partial charge in [-0.3, -0.25) is 0 Å². The van der Waals surface area contributed by atoms with Crippen LogP contribution in [-0.4, -0.2) is 35.4 Å². The minimum Gasteiger partial charge on any atom is -0.392 e. The molecular formula is C13H17N5O4. The zero-order valence-corrected chi connectivity index (χ0v) is 11.7. The first kappa shape index (κ1) is 16.0. The van der Waals surface area contributed by atoms with Gasteiger partial charge in [0.1, 0.15) is 0 Å². The summed E-state index contributed by atoms with van der Waals surface area (Å²) in [5.41, 5.74) is 12.8. The molecule has 1 heterocycles. The van der Waals surface area contributed by atoms with E-state index < -0.39 is 13.2 Å². The first-order valence-corrected chi connectivity index (χ1v) is 6.43. The maximum absolute atomic E-state index is 9.62. The summed E-state index contributed by atoms with van der Waals surface area (Å²) in [6.07, 6.45) is 0. The highest BCUT2D eigenvalue weighted by atomic mass is 16.3. The summed E-state index contributed by atoms with van der Waals surface area (Å²) < 4.78 is 0. The number of hydrogen-bond donors (Lipinski definition) is 6. The van der Waals surface area contributed by atoms with Crippen molar-refractivity contribution in [1.29, 1.82) is 0 Å². The monoisotopic (exact) mass is 307 g/mol. The lowest BCUT2D eigenvalue weighted by Gasteiger charge is -2.18. The van der Waals surface area contributed by atoms with E-state index in [-0.39, 0.29) is 36.5 Å². The van der Waals surface area contributed by atoms with Crippen molar-refractivity contribution in [3.63, 3.8) is 0 Å². The fourth-order valence-corrected chi connectivity index (χ4v) is 2.32. The van der Waals surface area contributed by atoms with Crippen molar-refractivity contribution in [3.05, 3.63) is 28.3 Å². The minimum atomic E-state index is -0.421. The van der Waals surface area contributed by atoms with E-state index >= 15 is 0 Å². The van der Waals surface area contributed by atoms with Gasteiger partial charge in [-0.2, -0.15) is 15.0 Å². The van der Waals surface area contributed by atoms with Gasteiger partial charge in [-0.1, -0.05) is 6.07 Å². The van der Waals surface area contributed by atoms with Gasteiger partial charge in [-0.05, 0) is 22.3 Å². The van der Waals surface area contributed by atoms with Gasteiger partial charge >= 0.3 is 0 Å². The number of nitrogens with two attached hydrogens (primary N) is 2. The molecule has 1 aromatic carbocycles. The van der Waals surface area contributed by atoms with Gasteiger partial charge in [0.2, 0.25) is 11.9 Å². The van der Waals surface area contributed by atoms with Crippen molar-refractivity contribution in [2.45, 2.75) is 26.4 Å². The van der Waals surface area contributed by atoms with Crippen LogP contribution >= 0.6 is 0 Å². The van der Waals surface area contributed by atoms with Crippen molar-refractivity contribution in [2.24, 2.45) is 0 Å². The smallest absolute Gasteiger partial charge is 0.225 e. The Morgan fingerprint density at radius 1 is 0.727 bits per heavy atom. The van der Waals surface area contributed by atoms with E-state index in [2.05, 4.69) is 15.0 Å². The molecule has 0 aliphatic heterocycles. The average Bonchev–Trinajstić information content (AvgIpc) is 2.51. The summed E-state index contributed by atoms with van der Waals surface area (Å²) in [6, 6.07) is 1.51. The number of anilines is 2. The number of hydrogen-bond acceptors (Lipinski definition) is 9. The van der Waals surface area contributed by atoms with Crippen molar-refractivity contribution >= 4 is 11.9 Å². The molecule has 1 aromatic heterocycles. The summed E-state index contributed by atoms with van der Waals surface area (Å²) >= 11 is 0. The Balaban J connectivity index is 2.86. The van der Waals surface area contributed by atoms with E-state index in [0.29, 0.717) is 22.3 Å². The fraction of sp³-hybridized carbons (Fsp3) is 0.308. The van der Waals surface area contributed by atoms with Crippen molar-refractivity contribution in [3.8, 4) is 11.4 Å². The molecule has 9 heteroatoms. The van der Waals surface area contributed by atoms with E-state index in [9.17, 15) is 20.4 Å². The Hall–Kier alpha value is -2.33. The maximum atomic E-state index is 9.62. The lowest BCUT2D eigenvalue weighted by Crippen LogP contribution is -2.11. The molecule has 0 unspecified atom stereocenters. The Morgan fingerprint density at radius 2 is 1.18 bits per heavy atom. The van der Waals surface area contributed by atoms with Crippen LogP contribution in [0.25, 0.3) is 11.4 Å². The molecule has 9 nitrogen and oxygen atoms in total. The van der Waals surface area contributed by atoms with Gasteiger partial charge in [0, 0.05) is 5.56 Å². The predicted molar refractivity (Wildman–Crippen MR) is 77.8 cm³/mol. The van der Waals surface area contributed by atoms with Crippen LogP contribution in [0.1, 0.15) is 22.3 Å². The number of benzene rings is 1. The van der Waals surface area contributed by atoms with E-state index in [0.717, 1.165) is 0 Å². The van der Waals surface area contributed by atoms with Crippen LogP contribution in [-0.2, 0) is 26.4 Å². The van der Waals surface area contributed by atoms with Crippen LogP contribution in [0.15, 0.2) is 6.07 Å². The highest BCUT2D eigenvalue weighted by Crippen LogP contribution is 2.32. The fourth-order valence-electron chi connectivity index (χ4n) is 2.32. The average molecular weight is 307 g/mol. The molecule has 0 fully saturated rings. The zero-order chi connectivity index (χ0) is 16.3. The maximum Gasteiger partial charge on any atom is 0.225 e. The largest absolute Gasteiger partial charge is 0.392 e. The Labute approximate surface area is 125 Å². The van der Waals surface area contributed by atoms with Crippen LogP contribution < -0.4 is 11.5 Å². The third-order valence-electron chi connectivity index (χ3n) is 3.28. The normalized spacial score (nSPS) is 10.9. The topological polar surface area (TPSA) is 172 Å². The molecule has 8 N–H and O–H groups in total. The summed E-state index contributed by atoms with van der Waals surface area (Å²) in [4.78, 5) is 11.6. The number of nitrogen functional groups attached to an aromatic ring is 2. The summed E-state index contributed by atoms with van der Waals surface area (Å²) in [5, 5.41) is 38.2. The molecule has 0 spiro atoms. The molecule has 0 bridgehead atoms. The number of aromatic nitrogens is 3. The lowest BCUT2D eigenvalue weighted by atomic mass is 9.91. The molecule has 22 heavy (non-hydrogen) atoms. The third kappa shape index (κ3) is 2.83. The molecule has 0 amide bonds. The van der Waals surface area contributed by atoms with Crippen LogP contribution in [0.3, 0.4) is 0 Å². The van der Waals surface area contributed by atoms with E-state index in [1.165, 1.54) is 6.07 Å². The van der Waals surface area contributed by atoms with Gasteiger partial charge in [-0.15, -0.1) is 0 Å². The summed E-state index contributed by atoms with van der Waals surface area (Å²) in [5.74, 6) is -0.173. The zero-order valence-electron chi connectivity index (χ0n) is 11.7. The van der Waals surface area contributed by atoms with Gasteiger partial charge in [0.25, 0.3) is 0 Å².